The molecule has 2 aromatic carbocycles. The molecule has 1 atom stereocenters. The van der Waals surface area contributed by atoms with E-state index in [2.05, 4.69) is 4.72 Å². The quantitative estimate of drug-likeness (QED) is 0.320. The van der Waals surface area contributed by atoms with Gasteiger partial charge in [-0.25, -0.2) is 31.9 Å². The summed E-state index contributed by atoms with van der Waals surface area (Å²) in [6, 6.07) is 3.80. The van der Waals surface area contributed by atoms with E-state index in [4.69, 9.17) is 9.47 Å². The predicted molar refractivity (Wildman–Crippen MR) is 134 cm³/mol. The Labute approximate surface area is 228 Å². The number of carbonyl (C=O) groups excluding carboxylic acids is 2. The number of hydrogen-bond acceptors (Lipinski definition) is 7. The highest BCUT2D eigenvalue weighted by molar-refractivity contribution is 7.89. The van der Waals surface area contributed by atoms with Gasteiger partial charge in [0.2, 0.25) is 10.0 Å². The topological polar surface area (TPSA) is 138 Å². The molecule has 2 saturated heterocycles. The summed E-state index contributed by atoms with van der Waals surface area (Å²) in [6.45, 7) is 2.73. The smallest absolute Gasteiger partial charge is 0.320 e. The highest BCUT2D eigenvalue weighted by atomic mass is 32.2. The summed E-state index contributed by atoms with van der Waals surface area (Å²) in [5.74, 6) is -5.48. The van der Waals surface area contributed by atoms with Crippen molar-refractivity contribution in [1.29, 1.82) is 0 Å². The molecule has 2 heterocycles. The average molecular weight is 587 g/mol. The van der Waals surface area contributed by atoms with Gasteiger partial charge in [0, 0.05) is 26.2 Å². The molecule has 0 spiro atoms. The zero-order valence-corrected chi connectivity index (χ0v) is 22.1. The number of morpholine rings is 1. The maximum atomic E-state index is 14.7. The minimum Gasteiger partial charge on any atom is -0.451 e. The summed E-state index contributed by atoms with van der Waals surface area (Å²) in [5, 5.41) is 9.18. The number of rotatable bonds is 8. The van der Waals surface area contributed by atoms with Crippen molar-refractivity contribution in [2.24, 2.45) is 5.92 Å². The molecule has 15 heteroatoms. The van der Waals surface area contributed by atoms with E-state index in [9.17, 15) is 36.4 Å². The minimum atomic E-state index is -4.63. The Morgan fingerprint density at radius 1 is 1.00 bits per heavy atom. The Bertz CT molecular complexity index is 1290. The number of nitrogens with one attached hydrogen (secondary N) is 2. The lowest BCUT2D eigenvalue weighted by atomic mass is 9.90. The molecule has 2 aliphatic heterocycles. The number of piperidine rings is 1. The largest absolute Gasteiger partial charge is 0.451 e. The maximum Gasteiger partial charge on any atom is 0.320 e. The van der Waals surface area contributed by atoms with Gasteiger partial charge in [-0.1, -0.05) is 0 Å². The van der Waals surface area contributed by atoms with Crippen molar-refractivity contribution in [3.8, 4) is 11.5 Å². The molecule has 0 bridgehead atoms. The van der Waals surface area contributed by atoms with Gasteiger partial charge in [0.25, 0.3) is 5.91 Å². The lowest BCUT2D eigenvalue weighted by Gasteiger charge is -2.37. The molecule has 218 valence electrons. The van der Waals surface area contributed by atoms with Crippen LogP contribution >= 0.6 is 0 Å². The molecule has 11 nitrogen and oxygen atoms in total. The predicted octanol–water partition coefficient (Wildman–Crippen LogP) is 2.60. The van der Waals surface area contributed by atoms with Gasteiger partial charge >= 0.3 is 6.03 Å². The van der Waals surface area contributed by atoms with Crippen LogP contribution in [0.25, 0.3) is 0 Å². The lowest BCUT2D eigenvalue weighted by Crippen LogP contribution is -2.51. The molecule has 2 fully saturated rings. The molecule has 1 unspecified atom stereocenters. The van der Waals surface area contributed by atoms with Crippen molar-refractivity contribution in [1.82, 2.24) is 20.0 Å². The molecule has 0 saturated carbocycles. The van der Waals surface area contributed by atoms with E-state index in [0.717, 1.165) is 24.3 Å². The summed E-state index contributed by atoms with van der Waals surface area (Å²) < 4.78 is 80.9. The van der Waals surface area contributed by atoms with Gasteiger partial charge in [-0.2, -0.15) is 4.72 Å². The molecule has 4 rings (SSSR count). The summed E-state index contributed by atoms with van der Waals surface area (Å²) in [5.41, 5.74) is 1.42. The number of benzene rings is 2. The Morgan fingerprint density at radius 2 is 1.57 bits per heavy atom. The lowest BCUT2D eigenvalue weighted by molar-refractivity contribution is -0.131. The van der Waals surface area contributed by atoms with Crippen molar-refractivity contribution in [2.45, 2.75) is 30.2 Å². The fourth-order valence-electron chi connectivity index (χ4n) is 4.60. The number of hydroxylamine groups is 1. The highest BCUT2D eigenvalue weighted by Crippen LogP contribution is 2.31. The van der Waals surface area contributed by atoms with Crippen LogP contribution < -0.4 is 14.9 Å². The van der Waals surface area contributed by atoms with E-state index in [1.54, 1.807) is 9.80 Å². The van der Waals surface area contributed by atoms with Crippen LogP contribution in [-0.4, -0.2) is 80.8 Å². The fraction of sp³-hybridized carbons (Fsp3) is 0.440. The molecule has 0 aromatic heterocycles. The minimum absolute atomic E-state index is 0.0259. The van der Waals surface area contributed by atoms with Crippen molar-refractivity contribution >= 4 is 22.0 Å². The molecule has 40 heavy (non-hydrogen) atoms. The number of likely N-dealkylation sites (tertiary alicyclic amines) is 1. The van der Waals surface area contributed by atoms with Crippen LogP contribution in [0, 0.1) is 23.4 Å². The Kier molecular flexibility index (Phi) is 9.50. The van der Waals surface area contributed by atoms with E-state index in [0.29, 0.717) is 64.4 Å². The number of nitrogens with zero attached hydrogens (tertiary/aromatic N) is 2. The van der Waals surface area contributed by atoms with Gasteiger partial charge in [-0.15, -0.1) is 0 Å². The summed E-state index contributed by atoms with van der Waals surface area (Å²) in [6.07, 6.45) is 0.930. The first-order chi connectivity index (χ1) is 19.1. The van der Waals surface area contributed by atoms with Gasteiger partial charge in [-0.05, 0) is 61.6 Å². The Morgan fingerprint density at radius 3 is 2.15 bits per heavy atom. The zero-order chi connectivity index (χ0) is 28.9. The number of hydrogen-bond donors (Lipinski definition) is 3. The van der Waals surface area contributed by atoms with Gasteiger partial charge in [0.1, 0.15) is 17.6 Å². The van der Waals surface area contributed by atoms with Crippen molar-refractivity contribution in [3.63, 3.8) is 0 Å². The third-order valence-electron chi connectivity index (χ3n) is 6.78. The fourth-order valence-corrected chi connectivity index (χ4v) is 5.83. The number of carbonyl (C=O) groups is 2. The van der Waals surface area contributed by atoms with Crippen molar-refractivity contribution in [2.75, 3.05) is 39.4 Å². The number of amides is 3. The van der Waals surface area contributed by atoms with E-state index in [1.807, 2.05) is 0 Å². The second kappa shape index (κ2) is 12.8. The SMILES string of the molecule is O=C(NO)C(CC1CCN(C(=O)N2CCOCC2)CC1)NS(=O)(=O)c1cc(F)c(Oc2ccc(F)cc2)c(F)c1. The number of halogens is 3. The van der Waals surface area contributed by atoms with Gasteiger partial charge in [0.05, 0.1) is 18.1 Å². The third kappa shape index (κ3) is 7.21. The normalized spacial score (nSPS) is 17.4. The van der Waals surface area contributed by atoms with E-state index < -0.39 is 50.1 Å². The molecular weight excluding hydrogens is 557 g/mol. The summed E-state index contributed by atoms with van der Waals surface area (Å²) >= 11 is 0. The Hall–Kier alpha value is -3.40. The van der Waals surface area contributed by atoms with Crippen LogP contribution in [0.2, 0.25) is 0 Å². The van der Waals surface area contributed by atoms with Gasteiger partial charge in [-0.3, -0.25) is 10.0 Å². The van der Waals surface area contributed by atoms with Gasteiger partial charge in [0.15, 0.2) is 17.4 Å². The standard InChI is InChI=1S/C25H29F3N4O7S/c26-17-1-3-18(4-2-17)39-23-20(27)14-19(15-21(23)28)40(36,37)30-22(24(33)29-35)13-16-5-7-31(8-6-16)25(34)32-9-11-38-12-10-32/h1-4,14-16,22,30,35H,5-13H2,(H,29,33). The van der Waals surface area contributed by atoms with Crippen molar-refractivity contribution in [3.05, 3.63) is 53.8 Å². The van der Waals surface area contributed by atoms with E-state index in [1.165, 1.54) is 5.48 Å². The number of sulfonamides is 1. The Balaban J connectivity index is 1.41. The molecule has 3 amide bonds. The second-order valence-corrected chi connectivity index (χ2v) is 11.2. The first kappa shape index (κ1) is 29.6. The van der Waals surface area contributed by atoms with Crippen LogP contribution in [0.15, 0.2) is 41.3 Å². The number of ether oxygens (including phenoxy) is 2. The molecule has 0 aliphatic carbocycles. The van der Waals surface area contributed by atoms with Crippen LogP contribution in [0.4, 0.5) is 18.0 Å². The van der Waals surface area contributed by atoms with Crippen LogP contribution in [0.5, 0.6) is 11.5 Å². The van der Waals surface area contributed by atoms with Gasteiger partial charge < -0.3 is 19.3 Å². The molecule has 2 aromatic rings. The van der Waals surface area contributed by atoms with Crippen LogP contribution in [-0.2, 0) is 19.6 Å². The maximum absolute atomic E-state index is 14.7. The summed E-state index contributed by atoms with van der Waals surface area (Å²) in [7, 11) is -4.63. The molecule has 3 N–H and O–H groups in total. The van der Waals surface area contributed by atoms with Crippen molar-refractivity contribution < 1.29 is 45.9 Å². The molecular formula is C25H29F3N4O7S. The first-order valence-electron chi connectivity index (χ1n) is 12.6. The second-order valence-electron chi connectivity index (χ2n) is 9.47. The highest BCUT2D eigenvalue weighted by Gasteiger charge is 2.33. The molecule has 0 radical (unpaired) electrons. The first-order valence-corrected chi connectivity index (χ1v) is 14.1. The monoisotopic (exact) mass is 586 g/mol. The number of urea groups is 1. The van der Waals surface area contributed by atoms with Crippen LogP contribution in [0.3, 0.4) is 0 Å². The molecule has 2 aliphatic rings. The average Bonchev–Trinajstić information content (AvgIpc) is 2.95. The summed E-state index contributed by atoms with van der Waals surface area (Å²) in [4.78, 5) is 27.6. The van der Waals surface area contributed by atoms with E-state index in [-0.39, 0.29) is 24.1 Å². The van der Waals surface area contributed by atoms with Crippen LogP contribution in [0.1, 0.15) is 19.3 Å². The zero-order valence-electron chi connectivity index (χ0n) is 21.3. The van der Waals surface area contributed by atoms with E-state index >= 15 is 0 Å². The third-order valence-corrected chi connectivity index (χ3v) is 8.23.